The molecule has 2 aromatic carbocycles. The van der Waals surface area contributed by atoms with Gasteiger partial charge in [0.2, 0.25) is 11.7 Å². The van der Waals surface area contributed by atoms with Crippen LogP contribution in [0, 0.1) is 6.92 Å². The number of para-hydroxylation sites is 1. The third-order valence-electron chi connectivity index (χ3n) is 4.77. The van der Waals surface area contributed by atoms with Crippen molar-refractivity contribution in [3.8, 4) is 28.7 Å². The van der Waals surface area contributed by atoms with Crippen LogP contribution < -0.4 is 10.1 Å². The number of carbonyl (C=O) groups is 1. The molecule has 1 amide bonds. The summed E-state index contributed by atoms with van der Waals surface area (Å²) in [5.41, 5.74) is 3.65. The minimum Gasteiger partial charge on any atom is -0.496 e. The molecular formula is C23H22N4O3. The summed E-state index contributed by atoms with van der Waals surface area (Å²) in [6.07, 6.45) is 1.81. The number of nitrogens with one attached hydrogen (secondary N) is 1. The van der Waals surface area contributed by atoms with Gasteiger partial charge >= 0.3 is 0 Å². The fourth-order valence-corrected chi connectivity index (χ4v) is 3.15. The molecule has 4 aromatic rings. The van der Waals surface area contributed by atoms with E-state index in [-0.39, 0.29) is 12.5 Å². The molecule has 0 aliphatic heterocycles. The lowest BCUT2D eigenvalue weighted by atomic mass is 10.1. The third-order valence-corrected chi connectivity index (χ3v) is 4.77. The van der Waals surface area contributed by atoms with Crippen molar-refractivity contribution in [1.29, 1.82) is 0 Å². The molecule has 0 saturated carbocycles. The van der Waals surface area contributed by atoms with Crippen LogP contribution in [0.25, 0.3) is 23.0 Å². The monoisotopic (exact) mass is 402 g/mol. The molecule has 2 aromatic heterocycles. The lowest BCUT2D eigenvalue weighted by Crippen LogP contribution is -2.27. The predicted octanol–water partition coefficient (Wildman–Crippen LogP) is 3.84. The highest BCUT2D eigenvalue weighted by molar-refractivity contribution is 5.76. The number of hydrogen-bond acceptors (Lipinski definition) is 5. The van der Waals surface area contributed by atoms with E-state index in [9.17, 15) is 4.79 Å². The van der Waals surface area contributed by atoms with E-state index in [1.54, 1.807) is 11.7 Å². The van der Waals surface area contributed by atoms with Crippen LogP contribution in [0.5, 0.6) is 5.75 Å². The Balaban J connectivity index is 1.44. The van der Waals surface area contributed by atoms with Gasteiger partial charge in [0.25, 0.3) is 5.89 Å². The number of benzene rings is 2. The standard InChI is InChI=1S/C23H22N4O3/c1-16-9-11-17(12-10-16)22-25-23(30-26-22)19-7-5-13-27(19)15-21(28)24-14-18-6-3-4-8-20(18)29-2/h3-13H,14-15H2,1-2H3,(H,24,28). The van der Waals surface area contributed by atoms with Crippen LogP contribution in [-0.4, -0.2) is 27.7 Å². The van der Waals surface area contributed by atoms with Gasteiger partial charge in [-0.25, -0.2) is 0 Å². The number of carbonyl (C=O) groups excluding carboxylic acids is 1. The van der Waals surface area contributed by atoms with Gasteiger partial charge in [0, 0.05) is 23.9 Å². The maximum Gasteiger partial charge on any atom is 0.274 e. The first kappa shape index (κ1) is 19.4. The average molecular weight is 402 g/mol. The Kier molecular flexibility index (Phi) is 5.61. The Morgan fingerprint density at radius 2 is 1.90 bits per heavy atom. The maximum atomic E-state index is 12.5. The van der Waals surface area contributed by atoms with Gasteiger partial charge in [-0.15, -0.1) is 0 Å². The highest BCUT2D eigenvalue weighted by Gasteiger charge is 2.15. The molecule has 7 heteroatoms. The molecule has 7 nitrogen and oxygen atoms in total. The topological polar surface area (TPSA) is 82.2 Å². The number of aromatic nitrogens is 3. The molecule has 0 aliphatic rings. The van der Waals surface area contributed by atoms with Crippen molar-refractivity contribution in [1.82, 2.24) is 20.0 Å². The number of nitrogens with zero attached hydrogens (tertiary/aromatic N) is 3. The molecule has 0 aliphatic carbocycles. The van der Waals surface area contributed by atoms with E-state index in [0.717, 1.165) is 22.4 Å². The van der Waals surface area contributed by atoms with Crippen molar-refractivity contribution in [3.05, 3.63) is 78.0 Å². The lowest BCUT2D eigenvalue weighted by Gasteiger charge is -2.10. The lowest BCUT2D eigenvalue weighted by molar-refractivity contribution is -0.121. The summed E-state index contributed by atoms with van der Waals surface area (Å²) in [5.74, 6) is 1.50. The summed E-state index contributed by atoms with van der Waals surface area (Å²) in [6.45, 7) is 2.55. The summed E-state index contributed by atoms with van der Waals surface area (Å²) in [5, 5.41) is 6.99. The Bertz CT molecular complexity index is 1150. The molecule has 0 bridgehead atoms. The second kappa shape index (κ2) is 8.65. The second-order valence-corrected chi connectivity index (χ2v) is 6.90. The maximum absolute atomic E-state index is 12.5. The van der Waals surface area contributed by atoms with E-state index in [4.69, 9.17) is 9.26 Å². The van der Waals surface area contributed by atoms with E-state index in [1.807, 2.05) is 73.8 Å². The molecule has 0 atom stereocenters. The molecule has 0 radical (unpaired) electrons. The van der Waals surface area contributed by atoms with Gasteiger partial charge in [0.1, 0.15) is 18.0 Å². The fourth-order valence-electron chi connectivity index (χ4n) is 3.15. The molecule has 152 valence electrons. The van der Waals surface area contributed by atoms with E-state index in [2.05, 4.69) is 15.5 Å². The number of ether oxygens (including phenoxy) is 1. The molecule has 0 fully saturated rings. The highest BCUT2D eigenvalue weighted by Crippen LogP contribution is 2.23. The molecule has 1 N–H and O–H groups in total. The Morgan fingerprint density at radius 1 is 1.10 bits per heavy atom. The van der Waals surface area contributed by atoms with Crippen molar-refractivity contribution in [2.75, 3.05) is 7.11 Å². The van der Waals surface area contributed by atoms with Crippen LogP contribution in [0.15, 0.2) is 71.4 Å². The smallest absolute Gasteiger partial charge is 0.274 e. The van der Waals surface area contributed by atoms with Gasteiger partial charge in [-0.3, -0.25) is 4.79 Å². The van der Waals surface area contributed by atoms with Gasteiger partial charge in [0.05, 0.1) is 7.11 Å². The largest absolute Gasteiger partial charge is 0.496 e. The number of amides is 1. The molecule has 30 heavy (non-hydrogen) atoms. The van der Waals surface area contributed by atoms with Crippen LogP contribution in [-0.2, 0) is 17.9 Å². The van der Waals surface area contributed by atoms with Gasteiger partial charge in [0.15, 0.2) is 0 Å². The minimum atomic E-state index is -0.128. The SMILES string of the molecule is COc1ccccc1CNC(=O)Cn1cccc1-c1nc(-c2ccc(C)cc2)no1. The van der Waals surface area contributed by atoms with Crippen LogP contribution in [0.2, 0.25) is 0 Å². The van der Waals surface area contributed by atoms with Crippen molar-refractivity contribution >= 4 is 5.91 Å². The van der Waals surface area contributed by atoms with Gasteiger partial charge < -0.3 is 19.1 Å². The van der Waals surface area contributed by atoms with Crippen molar-refractivity contribution in [3.63, 3.8) is 0 Å². The zero-order chi connectivity index (χ0) is 20.9. The second-order valence-electron chi connectivity index (χ2n) is 6.90. The summed E-state index contributed by atoms with van der Waals surface area (Å²) < 4.78 is 12.5. The van der Waals surface area contributed by atoms with Crippen LogP contribution in [0.4, 0.5) is 0 Å². The van der Waals surface area contributed by atoms with Gasteiger partial charge in [-0.1, -0.05) is 53.2 Å². The summed E-state index contributed by atoms with van der Waals surface area (Å²) >= 11 is 0. The molecule has 0 spiro atoms. The van der Waals surface area contributed by atoms with Crippen molar-refractivity contribution in [2.45, 2.75) is 20.0 Å². The molecule has 4 rings (SSSR count). The first-order chi connectivity index (χ1) is 14.6. The molecular weight excluding hydrogens is 380 g/mol. The fraction of sp³-hybridized carbons (Fsp3) is 0.174. The van der Waals surface area contributed by atoms with E-state index in [0.29, 0.717) is 24.0 Å². The predicted molar refractivity (Wildman–Crippen MR) is 113 cm³/mol. The van der Waals surface area contributed by atoms with Gasteiger partial charge in [-0.05, 0) is 25.1 Å². The minimum absolute atomic E-state index is 0.128. The third kappa shape index (κ3) is 4.25. The van der Waals surface area contributed by atoms with Crippen LogP contribution >= 0.6 is 0 Å². The zero-order valence-corrected chi connectivity index (χ0v) is 16.8. The summed E-state index contributed by atoms with van der Waals surface area (Å²) in [6, 6.07) is 19.2. The zero-order valence-electron chi connectivity index (χ0n) is 16.8. The first-order valence-electron chi connectivity index (χ1n) is 9.59. The number of methoxy groups -OCH3 is 1. The summed E-state index contributed by atoms with van der Waals surface area (Å²) in [4.78, 5) is 17.0. The Morgan fingerprint density at radius 3 is 2.70 bits per heavy atom. The number of aryl methyl sites for hydroxylation is 1. The number of hydrogen-bond donors (Lipinski definition) is 1. The highest BCUT2D eigenvalue weighted by atomic mass is 16.5. The average Bonchev–Trinajstić information content (AvgIpc) is 3.42. The van der Waals surface area contributed by atoms with Crippen LogP contribution in [0.3, 0.4) is 0 Å². The molecule has 0 unspecified atom stereocenters. The normalized spacial score (nSPS) is 10.7. The summed E-state index contributed by atoms with van der Waals surface area (Å²) in [7, 11) is 1.61. The molecule has 0 saturated heterocycles. The first-order valence-corrected chi connectivity index (χ1v) is 9.59. The van der Waals surface area contributed by atoms with E-state index < -0.39 is 0 Å². The van der Waals surface area contributed by atoms with Crippen molar-refractivity contribution < 1.29 is 14.1 Å². The van der Waals surface area contributed by atoms with Crippen molar-refractivity contribution in [2.24, 2.45) is 0 Å². The van der Waals surface area contributed by atoms with E-state index >= 15 is 0 Å². The quantitative estimate of drug-likeness (QED) is 0.508. The number of rotatable bonds is 7. The Labute approximate surface area is 174 Å². The molecule has 2 heterocycles. The van der Waals surface area contributed by atoms with E-state index in [1.165, 1.54) is 0 Å². The van der Waals surface area contributed by atoms with Gasteiger partial charge in [-0.2, -0.15) is 4.98 Å². The van der Waals surface area contributed by atoms with Crippen LogP contribution in [0.1, 0.15) is 11.1 Å². The Hall–Kier alpha value is -3.87.